The summed E-state index contributed by atoms with van der Waals surface area (Å²) in [5.74, 6) is -3.04. The van der Waals surface area contributed by atoms with Crippen LogP contribution in [0.3, 0.4) is 0 Å². The first-order valence-electron chi connectivity index (χ1n) is 7.02. The Hall–Kier alpha value is -3.14. The fourth-order valence-electron chi connectivity index (χ4n) is 2.51. The third kappa shape index (κ3) is 3.06. The number of nitrogens with one attached hydrogen (secondary N) is 2. The van der Waals surface area contributed by atoms with Gasteiger partial charge in [-0.2, -0.15) is 24.5 Å². The van der Waals surface area contributed by atoms with Crippen molar-refractivity contribution in [2.24, 2.45) is 0 Å². The van der Waals surface area contributed by atoms with Crippen molar-refractivity contribution >= 4 is 34.7 Å². The highest BCUT2D eigenvalue weighted by Gasteiger charge is 2.34. The first kappa shape index (κ1) is 17.7. The molecule has 0 atom stereocenters. The van der Waals surface area contributed by atoms with E-state index in [-0.39, 0.29) is 22.3 Å². The van der Waals surface area contributed by atoms with Gasteiger partial charge in [0.25, 0.3) is 11.8 Å². The lowest BCUT2D eigenvalue weighted by molar-refractivity contribution is -0.137. The zero-order valence-corrected chi connectivity index (χ0v) is 13.5. The zero-order valence-electron chi connectivity index (χ0n) is 12.7. The number of amides is 2. The van der Waals surface area contributed by atoms with Crippen LogP contribution in [0.1, 0.15) is 27.0 Å². The first-order valence-corrected chi connectivity index (χ1v) is 7.97. The molecule has 0 bridgehead atoms. The van der Waals surface area contributed by atoms with Crippen LogP contribution in [0.4, 0.5) is 13.2 Å². The maximum atomic E-state index is 13.0. The van der Waals surface area contributed by atoms with Crippen LogP contribution in [0.5, 0.6) is 0 Å². The number of thiophene rings is 1. The Kier molecular flexibility index (Phi) is 4.28. The number of carboxylic acid groups (broad SMARTS) is 1. The van der Waals surface area contributed by atoms with Crippen molar-refractivity contribution in [1.82, 2.24) is 10.9 Å². The van der Waals surface area contributed by atoms with Crippen LogP contribution in [0.25, 0.3) is 5.57 Å². The Morgan fingerprint density at radius 2 is 1.65 bits per heavy atom. The number of rotatable bonds is 3. The van der Waals surface area contributed by atoms with E-state index in [0.29, 0.717) is 0 Å². The van der Waals surface area contributed by atoms with E-state index in [9.17, 15) is 32.7 Å². The molecule has 26 heavy (non-hydrogen) atoms. The van der Waals surface area contributed by atoms with Crippen LogP contribution >= 0.6 is 11.3 Å². The molecule has 1 aliphatic heterocycles. The molecule has 0 saturated carbocycles. The molecule has 2 amide bonds. The predicted molar refractivity (Wildman–Crippen MR) is 85.0 cm³/mol. The van der Waals surface area contributed by atoms with Crippen molar-refractivity contribution in [2.45, 2.75) is 6.18 Å². The summed E-state index contributed by atoms with van der Waals surface area (Å²) in [6.45, 7) is 0. The quantitative estimate of drug-likeness (QED) is 0.561. The van der Waals surface area contributed by atoms with Crippen molar-refractivity contribution in [1.29, 1.82) is 0 Å². The molecular formula is C16H9F3N2O4S. The van der Waals surface area contributed by atoms with Gasteiger partial charge in [-0.3, -0.25) is 20.4 Å². The second-order valence-corrected chi connectivity index (χ2v) is 5.98. The van der Waals surface area contributed by atoms with Gasteiger partial charge in [-0.25, -0.2) is 4.79 Å². The van der Waals surface area contributed by atoms with Gasteiger partial charge in [0, 0.05) is 16.5 Å². The molecule has 3 rings (SSSR count). The van der Waals surface area contributed by atoms with Crippen LogP contribution in [0.2, 0.25) is 0 Å². The highest BCUT2D eigenvalue weighted by molar-refractivity contribution is 7.08. The third-order valence-electron chi connectivity index (χ3n) is 3.63. The number of hydrogen-bond donors (Lipinski definition) is 3. The fraction of sp³-hybridized carbons (Fsp3) is 0.0625. The number of aromatic carboxylic acids is 1. The SMILES string of the molecule is O=C1NNC(=O)C1=C(c1cccc(C(F)(F)F)c1)c1cscc1C(=O)O. The van der Waals surface area contributed by atoms with Crippen molar-refractivity contribution in [3.05, 3.63) is 62.9 Å². The lowest BCUT2D eigenvalue weighted by atomic mass is 9.91. The first-order chi connectivity index (χ1) is 12.2. The summed E-state index contributed by atoms with van der Waals surface area (Å²) in [4.78, 5) is 35.5. The van der Waals surface area contributed by atoms with Gasteiger partial charge >= 0.3 is 12.1 Å². The molecule has 0 aliphatic carbocycles. The second kappa shape index (κ2) is 6.30. The van der Waals surface area contributed by atoms with Crippen molar-refractivity contribution in [2.75, 3.05) is 0 Å². The Morgan fingerprint density at radius 3 is 2.23 bits per heavy atom. The van der Waals surface area contributed by atoms with E-state index < -0.39 is 35.1 Å². The Morgan fingerprint density at radius 1 is 1.04 bits per heavy atom. The number of hydrogen-bond acceptors (Lipinski definition) is 4. The molecule has 0 unspecified atom stereocenters. The monoisotopic (exact) mass is 382 g/mol. The van der Waals surface area contributed by atoms with E-state index in [2.05, 4.69) is 10.9 Å². The molecule has 0 radical (unpaired) electrons. The normalized spacial score (nSPS) is 14.2. The molecule has 0 spiro atoms. The topological polar surface area (TPSA) is 95.5 Å². The summed E-state index contributed by atoms with van der Waals surface area (Å²) in [6.07, 6.45) is -4.64. The largest absolute Gasteiger partial charge is 0.478 e. The lowest BCUT2D eigenvalue weighted by Gasteiger charge is -2.13. The number of carboxylic acids is 1. The third-order valence-corrected chi connectivity index (χ3v) is 4.38. The van der Waals surface area contributed by atoms with Gasteiger partial charge in [0.15, 0.2) is 0 Å². The average Bonchev–Trinajstić information content (AvgIpc) is 3.17. The lowest BCUT2D eigenvalue weighted by Crippen LogP contribution is -2.28. The molecule has 2 heterocycles. The summed E-state index contributed by atoms with van der Waals surface area (Å²) >= 11 is 0.988. The number of hydrazine groups is 1. The minimum absolute atomic E-state index is 0.0102. The van der Waals surface area contributed by atoms with Gasteiger partial charge in [-0.05, 0) is 23.1 Å². The average molecular weight is 382 g/mol. The Balaban J connectivity index is 2.32. The van der Waals surface area contributed by atoms with E-state index in [1.807, 2.05) is 0 Å². The van der Waals surface area contributed by atoms with Crippen LogP contribution in [-0.2, 0) is 15.8 Å². The maximum Gasteiger partial charge on any atom is 0.416 e. The molecule has 1 aromatic heterocycles. The molecular weight excluding hydrogens is 373 g/mol. The van der Waals surface area contributed by atoms with E-state index in [1.165, 1.54) is 16.8 Å². The minimum Gasteiger partial charge on any atom is -0.478 e. The van der Waals surface area contributed by atoms with Crippen molar-refractivity contribution in [3.63, 3.8) is 0 Å². The number of carbonyl (C=O) groups is 3. The second-order valence-electron chi connectivity index (χ2n) is 5.24. The molecule has 1 saturated heterocycles. The van der Waals surface area contributed by atoms with Gasteiger partial charge in [-0.1, -0.05) is 12.1 Å². The van der Waals surface area contributed by atoms with Crippen LogP contribution in [0, 0.1) is 0 Å². The number of benzene rings is 1. The molecule has 134 valence electrons. The molecule has 2 aromatic rings. The summed E-state index contributed by atoms with van der Waals surface area (Å²) in [7, 11) is 0. The van der Waals surface area contributed by atoms with E-state index in [0.717, 1.165) is 29.5 Å². The smallest absolute Gasteiger partial charge is 0.416 e. The number of halogens is 3. The number of carbonyl (C=O) groups excluding carboxylic acids is 2. The standard InChI is InChI=1S/C16H9F3N2O4S/c17-16(18,19)8-3-1-2-7(4-8)11(12-13(22)20-21-14(12)23)9-5-26-6-10(9)15(24)25/h1-6H,(H,20,22)(H,21,23)(H,24,25). The summed E-state index contributed by atoms with van der Waals surface area (Å²) in [5, 5.41) is 12.0. The predicted octanol–water partition coefficient (Wildman–Crippen LogP) is 2.43. The summed E-state index contributed by atoms with van der Waals surface area (Å²) in [6, 6.07) is 4.01. The maximum absolute atomic E-state index is 13.0. The van der Waals surface area contributed by atoms with Crippen molar-refractivity contribution < 1.29 is 32.7 Å². The summed E-state index contributed by atoms with van der Waals surface area (Å²) in [5.41, 5.74) is 2.18. The Labute approximate surface area is 147 Å². The summed E-state index contributed by atoms with van der Waals surface area (Å²) < 4.78 is 39.1. The molecule has 6 nitrogen and oxygen atoms in total. The van der Waals surface area contributed by atoms with E-state index >= 15 is 0 Å². The van der Waals surface area contributed by atoms with E-state index in [4.69, 9.17) is 0 Å². The van der Waals surface area contributed by atoms with Gasteiger partial charge in [0.05, 0.1) is 11.1 Å². The van der Waals surface area contributed by atoms with Crippen LogP contribution in [-0.4, -0.2) is 22.9 Å². The van der Waals surface area contributed by atoms with Gasteiger partial charge < -0.3 is 5.11 Å². The molecule has 3 N–H and O–H groups in total. The minimum atomic E-state index is -4.64. The number of alkyl halides is 3. The van der Waals surface area contributed by atoms with E-state index in [1.54, 1.807) is 0 Å². The van der Waals surface area contributed by atoms with Gasteiger partial charge in [0.1, 0.15) is 5.57 Å². The zero-order chi connectivity index (χ0) is 19.1. The highest BCUT2D eigenvalue weighted by Crippen LogP contribution is 2.36. The van der Waals surface area contributed by atoms with Crippen molar-refractivity contribution in [3.8, 4) is 0 Å². The molecule has 10 heteroatoms. The van der Waals surface area contributed by atoms with Crippen LogP contribution < -0.4 is 10.9 Å². The molecule has 1 aliphatic rings. The molecule has 1 aromatic carbocycles. The van der Waals surface area contributed by atoms with Gasteiger partial charge in [0.2, 0.25) is 0 Å². The molecule has 1 fully saturated rings. The Bertz CT molecular complexity index is 944. The highest BCUT2D eigenvalue weighted by atomic mass is 32.1. The van der Waals surface area contributed by atoms with Crippen LogP contribution in [0.15, 0.2) is 40.6 Å². The van der Waals surface area contributed by atoms with Gasteiger partial charge in [-0.15, -0.1) is 0 Å². The fourth-order valence-corrected chi connectivity index (χ4v) is 3.32.